The minimum atomic E-state index is 0.0202. The van der Waals surface area contributed by atoms with Crippen LogP contribution in [0, 0.1) is 41.5 Å². The van der Waals surface area contributed by atoms with Crippen molar-refractivity contribution in [2.24, 2.45) is 0 Å². The standard InChI is InChI=1S/C70H58N4/c1-46-39-48(3)65(49(4)40-46)67(66-50(5)41-47(2)42-51(66)6)56-33-37-62(38-34-56)74(61-35-31-55(32-36-61)64-30-20-19-29-63(64)54-25-15-9-16-26-54)70-72-68(57-27-17-10-18-28-57)71-69(73-70)60-44-58(52-21-11-7-12-22-52)43-59(45-60)53-23-13-8-14-24-53/h7-45,67H,1-6H3. The minimum absolute atomic E-state index is 0.0202. The van der Waals surface area contributed by atoms with Crippen LogP contribution in [-0.2, 0) is 0 Å². The molecule has 0 fully saturated rings. The van der Waals surface area contributed by atoms with E-state index in [9.17, 15) is 0 Å². The van der Waals surface area contributed by atoms with E-state index in [0.29, 0.717) is 17.6 Å². The molecule has 1 heterocycles. The maximum atomic E-state index is 5.51. The van der Waals surface area contributed by atoms with Gasteiger partial charge in [-0.05, 0) is 167 Å². The zero-order valence-corrected chi connectivity index (χ0v) is 42.9. The molecule has 11 aromatic rings. The molecule has 0 saturated heterocycles. The SMILES string of the molecule is Cc1cc(C)c(C(c2ccc(N(c3ccc(-c4ccccc4-c4ccccc4)cc3)c3nc(-c4ccccc4)nc(-c4cc(-c5ccccc5)cc(-c5ccccc5)c4)n3)cc2)c2c(C)cc(C)cc2C)c(C)c1. The number of benzene rings is 10. The molecule has 4 heteroatoms. The van der Waals surface area contributed by atoms with E-state index in [1.54, 1.807) is 0 Å². The van der Waals surface area contributed by atoms with Crippen LogP contribution in [0.4, 0.5) is 17.3 Å². The monoisotopic (exact) mass is 954 g/mol. The second kappa shape index (κ2) is 20.6. The Morgan fingerprint density at radius 1 is 0.297 bits per heavy atom. The lowest BCUT2D eigenvalue weighted by molar-refractivity contribution is 0.919. The largest absolute Gasteiger partial charge is 0.279 e. The van der Waals surface area contributed by atoms with E-state index in [0.717, 1.165) is 55.9 Å². The van der Waals surface area contributed by atoms with E-state index in [2.05, 4.69) is 265 Å². The molecule has 0 radical (unpaired) electrons. The number of anilines is 3. The van der Waals surface area contributed by atoms with E-state index in [4.69, 9.17) is 15.0 Å². The molecule has 4 nitrogen and oxygen atoms in total. The van der Waals surface area contributed by atoms with Gasteiger partial charge in [0.05, 0.1) is 0 Å². The Kier molecular flexibility index (Phi) is 13.2. The molecule has 0 bridgehead atoms. The highest BCUT2D eigenvalue weighted by atomic mass is 15.3. The molecule has 1 aromatic heterocycles. The molecular formula is C70H58N4. The Labute approximate surface area is 436 Å². The third kappa shape index (κ3) is 9.70. The lowest BCUT2D eigenvalue weighted by atomic mass is 9.77. The average Bonchev–Trinajstić information content (AvgIpc) is 3.43. The maximum absolute atomic E-state index is 5.51. The molecule has 0 aliphatic rings. The van der Waals surface area contributed by atoms with Crippen molar-refractivity contribution in [3.63, 3.8) is 0 Å². The molecule has 74 heavy (non-hydrogen) atoms. The van der Waals surface area contributed by atoms with Crippen molar-refractivity contribution >= 4 is 17.3 Å². The van der Waals surface area contributed by atoms with Gasteiger partial charge in [0.25, 0.3) is 0 Å². The molecule has 0 atom stereocenters. The number of nitrogens with zero attached hydrogens (tertiary/aromatic N) is 4. The highest BCUT2D eigenvalue weighted by Crippen LogP contribution is 2.43. The van der Waals surface area contributed by atoms with Gasteiger partial charge in [-0.2, -0.15) is 9.97 Å². The average molecular weight is 955 g/mol. The van der Waals surface area contributed by atoms with E-state index in [-0.39, 0.29) is 5.92 Å². The van der Waals surface area contributed by atoms with Crippen LogP contribution in [0.15, 0.2) is 237 Å². The van der Waals surface area contributed by atoms with Gasteiger partial charge in [-0.15, -0.1) is 0 Å². The molecule has 0 unspecified atom stereocenters. The molecule has 0 aliphatic heterocycles. The Morgan fingerprint density at radius 3 is 1.09 bits per heavy atom. The fourth-order valence-electron chi connectivity index (χ4n) is 11.0. The first-order valence-electron chi connectivity index (χ1n) is 25.5. The Bertz CT molecular complexity index is 3590. The number of aromatic nitrogens is 3. The van der Waals surface area contributed by atoms with Crippen LogP contribution < -0.4 is 4.90 Å². The van der Waals surface area contributed by atoms with Gasteiger partial charge in [0.2, 0.25) is 5.95 Å². The fraction of sp³-hybridized carbons (Fsp3) is 0.100. The molecule has 0 spiro atoms. The van der Waals surface area contributed by atoms with Crippen LogP contribution in [-0.4, -0.2) is 15.0 Å². The second-order valence-corrected chi connectivity index (χ2v) is 19.6. The third-order valence-corrected chi connectivity index (χ3v) is 14.2. The van der Waals surface area contributed by atoms with E-state index in [1.165, 1.54) is 61.2 Å². The summed E-state index contributed by atoms with van der Waals surface area (Å²) in [5.41, 5.74) is 24.3. The quantitative estimate of drug-likeness (QED) is 0.114. The summed E-state index contributed by atoms with van der Waals surface area (Å²) in [7, 11) is 0. The predicted octanol–water partition coefficient (Wildman–Crippen LogP) is 18.4. The molecule has 0 N–H and O–H groups in total. The van der Waals surface area contributed by atoms with Gasteiger partial charge in [-0.25, -0.2) is 4.98 Å². The number of aryl methyl sites for hydroxylation is 6. The van der Waals surface area contributed by atoms with Gasteiger partial charge in [0.1, 0.15) is 0 Å². The molecule has 0 amide bonds. The fourth-order valence-corrected chi connectivity index (χ4v) is 11.0. The van der Waals surface area contributed by atoms with E-state index in [1.807, 2.05) is 18.2 Å². The lowest BCUT2D eigenvalue weighted by Gasteiger charge is -2.28. The van der Waals surface area contributed by atoms with Crippen molar-refractivity contribution in [3.8, 4) is 67.3 Å². The molecule has 0 saturated carbocycles. The summed E-state index contributed by atoms with van der Waals surface area (Å²) in [4.78, 5) is 18.4. The van der Waals surface area contributed by atoms with Crippen molar-refractivity contribution in [1.82, 2.24) is 15.0 Å². The summed E-state index contributed by atoms with van der Waals surface area (Å²) in [6.45, 7) is 13.4. The van der Waals surface area contributed by atoms with Gasteiger partial charge in [-0.1, -0.05) is 205 Å². The summed E-state index contributed by atoms with van der Waals surface area (Å²) < 4.78 is 0. The molecule has 11 rings (SSSR count). The summed E-state index contributed by atoms with van der Waals surface area (Å²) in [5, 5.41) is 0. The van der Waals surface area contributed by atoms with Crippen molar-refractivity contribution in [1.29, 1.82) is 0 Å². The molecule has 358 valence electrons. The summed E-state index contributed by atoms with van der Waals surface area (Å²) in [5.74, 6) is 1.70. The van der Waals surface area contributed by atoms with Gasteiger partial charge >= 0.3 is 0 Å². The minimum Gasteiger partial charge on any atom is -0.279 e. The van der Waals surface area contributed by atoms with Crippen LogP contribution in [0.2, 0.25) is 0 Å². The number of rotatable bonds is 12. The van der Waals surface area contributed by atoms with Gasteiger partial charge in [0.15, 0.2) is 11.6 Å². The molecule has 10 aromatic carbocycles. The molecular weight excluding hydrogens is 897 g/mol. The summed E-state index contributed by atoms with van der Waals surface area (Å²) in [6.07, 6.45) is 0. The normalized spacial score (nSPS) is 11.2. The molecule has 0 aliphatic carbocycles. The van der Waals surface area contributed by atoms with Crippen molar-refractivity contribution in [3.05, 3.63) is 287 Å². The van der Waals surface area contributed by atoms with Crippen molar-refractivity contribution < 1.29 is 0 Å². The highest BCUT2D eigenvalue weighted by Gasteiger charge is 2.26. The summed E-state index contributed by atoms with van der Waals surface area (Å²) in [6, 6.07) is 84.5. The summed E-state index contributed by atoms with van der Waals surface area (Å²) >= 11 is 0. The Balaban J connectivity index is 1.12. The predicted molar refractivity (Wildman–Crippen MR) is 309 cm³/mol. The Hall–Kier alpha value is -8.99. The number of hydrogen-bond donors (Lipinski definition) is 0. The van der Waals surface area contributed by atoms with Gasteiger partial charge in [0, 0.05) is 28.4 Å². The number of hydrogen-bond acceptors (Lipinski definition) is 4. The van der Waals surface area contributed by atoms with Crippen LogP contribution >= 0.6 is 0 Å². The Morgan fingerprint density at radius 2 is 0.649 bits per heavy atom. The zero-order valence-electron chi connectivity index (χ0n) is 42.9. The van der Waals surface area contributed by atoms with Crippen LogP contribution in [0.3, 0.4) is 0 Å². The van der Waals surface area contributed by atoms with E-state index >= 15 is 0 Å². The maximum Gasteiger partial charge on any atom is 0.238 e. The lowest BCUT2D eigenvalue weighted by Crippen LogP contribution is -2.16. The smallest absolute Gasteiger partial charge is 0.238 e. The van der Waals surface area contributed by atoms with E-state index < -0.39 is 0 Å². The zero-order chi connectivity index (χ0) is 50.7. The van der Waals surface area contributed by atoms with Crippen molar-refractivity contribution in [2.45, 2.75) is 47.5 Å². The third-order valence-electron chi connectivity index (χ3n) is 14.2. The highest BCUT2D eigenvalue weighted by molar-refractivity contribution is 5.86. The van der Waals surface area contributed by atoms with Crippen LogP contribution in [0.1, 0.15) is 56.0 Å². The van der Waals surface area contributed by atoms with Crippen LogP contribution in [0.5, 0.6) is 0 Å². The van der Waals surface area contributed by atoms with Crippen LogP contribution in [0.25, 0.3) is 67.3 Å². The van der Waals surface area contributed by atoms with Crippen molar-refractivity contribution in [2.75, 3.05) is 4.90 Å². The second-order valence-electron chi connectivity index (χ2n) is 19.6. The first-order chi connectivity index (χ1) is 36.1. The topological polar surface area (TPSA) is 41.9 Å². The first-order valence-corrected chi connectivity index (χ1v) is 25.5. The van der Waals surface area contributed by atoms with Gasteiger partial charge < -0.3 is 0 Å². The van der Waals surface area contributed by atoms with Gasteiger partial charge in [-0.3, -0.25) is 4.90 Å². The first kappa shape index (κ1) is 47.3.